The number of rotatable bonds is 5. The number of carbonyl (C=O) groups excluding carboxylic acids is 2. The van der Waals surface area contributed by atoms with E-state index in [1.165, 1.54) is 12.4 Å². The molecule has 1 aromatic carbocycles. The minimum Gasteiger partial charge on any atom is -0.492 e. The van der Waals surface area contributed by atoms with Crippen LogP contribution in [0.3, 0.4) is 0 Å². The maximum absolute atomic E-state index is 12.8. The van der Waals surface area contributed by atoms with Crippen LogP contribution >= 0.6 is 0 Å². The number of benzene rings is 1. The molecule has 2 aromatic rings. The molecule has 1 fully saturated rings. The first kappa shape index (κ1) is 18.9. The number of pyridine rings is 1. The molecule has 1 saturated heterocycles. The Morgan fingerprint density at radius 1 is 1.07 bits per heavy atom. The summed E-state index contributed by atoms with van der Waals surface area (Å²) >= 11 is 0. The average molecular weight is 367 g/mol. The van der Waals surface area contributed by atoms with Gasteiger partial charge in [-0.15, -0.1) is 0 Å². The van der Waals surface area contributed by atoms with Crippen LogP contribution in [0.25, 0.3) is 0 Å². The van der Waals surface area contributed by atoms with Gasteiger partial charge in [-0.2, -0.15) is 0 Å². The highest BCUT2D eigenvalue weighted by atomic mass is 16.5. The normalized spacial score (nSPS) is 14.3. The van der Waals surface area contributed by atoms with Crippen LogP contribution in [0.4, 0.5) is 5.69 Å². The van der Waals surface area contributed by atoms with Gasteiger partial charge in [0.15, 0.2) is 0 Å². The summed E-state index contributed by atoms with van der Waals surface area (Å²) in [6.07, 6.45) is 7.35. The fraction of sp³-hybridized carbons (Fsp3) is 0.381. The summed E-state index contributed by atoms with van der Waals surface area (Å²) in [4.78, 5) is 31.4. The van der Waals surface area contributed by atoms with Crippen LogP contribution in [0.2, 0.25) is 0 Å². The van der Waals surface area contributed by atoms with E-state index in [4.69, 9.17) is 4.74 Å². The van der Waals surface area contributed by atoms with Crippen molar-refractivity contribution in [1.29, 1.82) is 0 Å². The van der Waals surface area contributed by atoms with Crippen LogP contribution in [-0.2, 0) is 0 Å². The summed E-state index contributed by atoms with van der Waals surface area (Å²) in [6, 6.07) is 8.87. The van der Waals surface area contributed by atoms with Gasteiger partial charge in [0.25, 0.3) is 11.8 Å². The first-order valence-corrected chi connectivity index (χ1v) is 9.46. The van der Waals surface area contributed by atoms with Gasteiger partial charge in [0.2, 0.25) is 0 Å². The Balaban J connectivity index is 1.75. The minimum absolute atomic E-state index is 0.0613. The second-order valence-electron chi connectivity index (χ2n) is 6.55. The van der Waals surface area contributed by atoms with E-state index in [-0.39, 0.29) is 11.8 Å². The summed E-state index contributed by atoms with van der Waals surface area (Å²) in [5.74, 6) is 0.229. The number of nitrogens with zero attached hydrogens (tertiary/aromatic N) is 2. The second kappa shape index (κ2) is 9.16. The monoisotopic (exact) mass is 367 g/mol. The highest BCUT2D eigenvalue weighted by Gasteiger charge is 2.19. The molecule has 6 nitrogen and oxygen atoms in total. The van der Waals surface area contributed by atoms with Gasteiger partial charge in [-0.3, -0.25) is 14.6 Å². The predicted molar refractivity (Wildman–Crippen MR) is 104 cm³/mol. The summed E-state index contributed by atoms with van der Waals surface area (Å²) in [6.45, 7) is 3.92. The van der Waals surface area contributed by atoms with Crippen molar-refractivity contribution in [3.8, 4) is 5.75 Å². The van der Waals surface area contributed by atoms with Gasteiger partial charge in [0.05, 0.1) is 23.4 Å². The molecule has 1 aromatic heterocycles. The van der Waals surface area contributed by atoms with E-state index in [0.717, 1.165) is 38.8 Å². The minimum atomic E-state index is -0.319. The maximum atomic E-state index is 12.8. The molecule has 0 aliphatic carbocycles. The molecule has 27 heavy (non-hydrogen) atoms. The highest BCUT2D eigenvalue weighted by Crippen LogP contribution is 2.24. The summed E-state index contributed by atoms with van der Waals surface area (Å²) in [7, 11) is 0. The van der Waals surface area contributed by atoms with Crippen molar-refractivity contribution in [2.45, 2.75) is 32.6 Å². The molecule has 0 unspecified atom stereocenters. The second-order valence-corrected chi connectivity index (χ2v) is 6.55. The summed E-state index contributed by atoms with van der Waals surface area (Å²) < 4.78 is 5.54. The Morgan fingerprint density at radius 3 is 2.52 bits per heavy atom. The first-order chi connectivity index (χ1) is 13.2. The molecule has 0 spiro atoms. The zero-order valence-electron chi connectivity index (χ0n) is 15.6. The van der Waals surface area contributed by atoms with E-state index in [2.05, 4.69) is 10.3 Å². The lowest BCUT2D eigenvalue weighted by Crippen LogP contribution is -2.32. The maximum Gasteiger partial charge on any atom is 0.257 e. The van der Waals surface area contributed by atoms with E-state index in [1.54, 1.807) is 18.2 Å². The van der Waals surface area contributed by atoms with Crippen molar-refractivity contribution in [1.82, 2.24) is 9.88 Å². The molecule has 0 saturated carbocycles. The number of ether oxygens (including phenoxy) is 1. The van der Waals surface area contributed by atoms with Crippen molar-refractivity contribution >= 4 is 17.5 Å². The molecular formula is C21H25N3O3. The number of para-hydroxylation sites is 2. The Bertz CT molecular complexity index is 799. The van der Waals surface area contributed by atoms with Gasteiger partial charge in [-0.25, -0.2) is 0 Å². The molecule has 3 rings (SSSR count). The van der Waals surface area contributed by atoms with Crippen LogP contribution in [0.15, 0.2) is 42.7 Å². The number of carbonyl (C=O) groups is 2. The SMILES string of the molecule is CCOc1ccccc1NC(=O)c1cncc(C(=O)N2CCCCCC2)c1. The van der Waals surface area contributed by atoms with Crippen LogP contribution in [-0.4, -0.2) is 41.4 Å². The molecule has 142 valence electrons. The molecule has 2 amide bonds. The average Bonchev–Trinajstić information content (AvgIpc) is 2.99. The molecule has 1 aliphatic rings. The molecule has 2 heterocycles. The smallest absolute Gasteiger partial charge is 0.257 e. The number of likely N-dealkylation sites (tertiary alicyclic amines) is 1. The number of hydrogen-bond acceptors (Lipinski definition) is 4. The van der Waals surface area contributed by atoms with Gasteiger partial charge < -0.3 is 15.0 Å². The Morgan fingerprint density at radius 2 is 1.78 bits per heavy atom. The Kier molecular flexibility index (Phi) is 6.41. The highest BCUT2D eigenvalue weighted by molar-refractivity contribution is 6.06. The van der Waals surface area contributed by atoms with E-state index < -0.39 is 0 Å². The quantitative estimate of drug-likeness (QED) is 0.874. The van der Waals surface area contributed by atoms with Crippen molar-refractivity contribution in [3.63, 3.8) is 0 Å². The van der Waals surface area contributed by atoms with Crippen molar-refractivity contribution in [2.75, 3.05) is 25.0 Å². The van der Waals surface area contributed by atoms with Crippen LogP contribution in [0, 0.1) is 0 Å². The first-order valence-electron chi connectivity index (χ1n) is 9.46. The molecule has 0 atom stereocenters. The number of nitrogens with one attached hydrogen (secondary N) is 1. The molecule has 0 bridgehead atoms. The zero-order valence-corrected chi connectivity index (χ0v) is 15.6. The lowest BCUT2D eigenvalue weighted by atomic mass is 10.1. The number of aromatic nitrogens is 1. The fourth-order valence-corrected chi connectivity index (χ4v) is 3.18. The summed E-state index contributed by atoms with van der Waals surface area (Å²) in [5.41, 5.74) is 1.39. The third kappa shape index (κ3) is 4.84. The van der Waals surface area contributed by atoms with Crippen molar-refractivity contribution in [2.24, 2.45) is 0 Å². The largest absolute Gasteiger partial charge is 0.492 e. The van der Waals surface area contributed by atoms with Crippen molar-refractivity contribution in [3.05, 3.63) is 53.9 Å². The molecule has 1 N–H and O–H groups in total. The van der Waals surface area contributed by atoms with Gasteiger partial charge >= 0.3 is 0 Å². The van der Waals surface area contributed by atoms with Crippen molar-refractivity contribution < 1.29 is 14.3 Å². The Labute approximate surface area is 159 Å². The van der Waals surface area contributed by atoms with Gasteiger partial charge in [-0.05, 0) is 38.0 Å². The van der Waals surface area contributed by atoms with Gasteiger partial charge in [0, 0.05) is 25.5 Å². The number of amides is 2. The van der Waals surface area contributed by atoms with Gasteiger partial charge in [0.1, 0.15) is 5.75 Å². The lowest BCUT2D eigenvalue weighted by Gasteiger charge is -2.20. The van der Waals surface area contributed by atoms with E-state index in [9.17, 15) is 9.59 Å². The third-order valence-electron chi connectivity index (χ3n) is 4.58. The summed E-state index contributed by atoms with van der Waals surface area (Å²) in [5, 5.41) is 2.84. The molecule has 1 aliphatic heterocycles. The third-order valence-corrected chi connectivity index (χ3v) is 4.58. The number of anilines is 1. The lowest BCUT2D eigenvalue weighted by molar-refractivity contribution is 0.0761. The number of hydrogen-bond donors (Lipinski definition) is 1. The van der Waals surface area contributed by atoms with Gasteiger partial charge in [-0.1, -0.05) is 25.0 Å². The standard InChI is InChI=1S/C21H25N3O3/c1-2-27-19-10-6-5-9-18(19)23-20(25)16-13-17(15-22-14-16)21(26)24-11-7-3-4-8-12-24/h5-6,9-10,13-15H,2-4,7-8,11-12H2,1H3,(H,23,25). The molecule has 6 heteroatoms. The topological polar surface area (TPSA) is 71.5 Å². The van der Waals surface area contributed by atoms with Crippen LogP contribution in [0.5, 0.6) is 5.75 Å². The zero-order chi connectivity index (χ0) is 19.1. The fourth-order valence-electron chi connectivity index (χ4n) is 3.18. The molecule has 0 radical (unpaired) electrons. The van der Waals surface area contributed by atoms with Crippen LogP contribution in [0.1, 0.15) is 53.3 Å². The van der Waals surface area contributed by atoms with E-state index >= 15 is 0 Å². The Hall–Kier alpha value is -2.89. The van der Waals surface area contributed by atoms with E-state index in [0.29, 0.717) is 29.2 Å². The molecular weight excluding hydrogens is 342 g/mol. The predicted octanol–water partition coefficient (Wildman–Crippen LogP) is 3.75. The van der Waals surface area contributed by atoms with E-state index in [1.807, 2.05) is 24.0 Å². The van der Waals surface area contributed by atoms with Crippen LogP contribution < -0.4 is 10.1 Å².